The van der Waals surface area contributed by atoms with Crippen LogP contribution in [0.3, 0.4) is 0 Å². The lowest BCUT2D eigenvalue weighted by molar-refractivity contribution is -0.384. The molecule has 0 fully saturated rings. The Hall–Kier alpha value is -3.98. The highest BCUT2D eigenvalue weighted by atomic mass is 32.2. The topological polar surface area (TPSA) is 100 Å². The lowest BCUT2D eigenvalue weighted by Gasteiger charge is -2.19. The van der Waals surface area contributed by atoms with Gasteiger partial charge in [0.1, 0.15) is 5.75 Å². The fraction of sp³-hybridized carbons (Fsp3) is 0.250. The maximum absolute atomic E-state index is 12.8. The molecule has 1 aromatic heterocycles. The molecule has 0 saturated heterocycles. The maximum atomic E-state index is 12.8. The van der Waals surface area contributed by atoms with Gasteiger partial charge in [-0.3, -0.25) is 19.5 Å². The van der Waals surface area contributed by atoms with Crippen molar-refractivity contribution in [3.63, 3.8) is 0 Å². The second-order valence-corrected chi connectivity index (χ2v) is 10.4. The molecule has 0 radical (unpaired) electrons. The molecule has 4 rings (SSSR count). The summed E-state index contributed by atoms with van der Waals surface area (Å²) < 4.78 is 7.51. The Morgan fingerprint density at radius 2 is 1.62 bits per heavy atom. The Bertz CT molecular complexity index is 1390. The van der Waals surface area contributed by atoms with Crippen LogP contribution in [0.4, 0.5) is 5.69 Å². The minimum atomic E-state index is -0.488. The van der Waals surface area contributed by atoms with E-state index < -0.39 is 4.92 Å². The molecule has 9 heteroatoms. The second-order valence-electron chi connectivity index (χ2n) is 9.41. The summed E-state index contributed by atoms with van der Waals surface area (Å²) in [6.07, 6.45) is 0. The van der Waals surface area contributed by atoms with Gasteiger partial charge in [0.2, 0.25) is 0 Å². The fourth-order valence-electron chi connectivity index (χ4n) is 3.74. The molecule has 0 atom stereocenters. The number of ether oxygens (including phenoxy) is 1. The van der Waals surface area contributed by atoms with Gasteiger partial charge in [0, 0.05) is 28.9 Å². The third-order valence-corrected chi connectivity index (χ3v) is 6.71. The number of thioether (sulfide) groups is 1. The molecule has 1 heterocycles. The molecule has 0 spiro atoms. The molecule has 0 amide bonds. The van der Waals surface area contributed by atoms with Gasteiger partial charge in [-0.15, -0.1) is 10.2 Å². The third kappa shape index (κ3) is 6.06. The molecule has 0 saturated carbocycles. The first-order valence-corrected chi connectivity index (χ1v) is 12.9. The van der Waals surface area contributed by atoms with Crippen molar-refractivity contribution in [1.29, 1.82) is 0 Å². The van der Waals surface area contributed by atoms with Crippen LogP contribution in [0.15, 0.2) is 78.0 Å². The van der Waals surface area contributed by atoms with E-state index in [1.165, 1.54) is 41.6 Å². The highest BCUT2D eigenvalue weighted by molar-refractivity contribution is 7.99. The van der Waals surface area contributed by atoms with Crippen molar-refractivity contribution in [3.05, 3.63) is 94.0 Å². The standard InChI is InChI=1S/C28H28N4O4S/c1-5-36-24-16-14-22(15-17-24)31-26(20-6-10-21(11-7-20)28(2,3)4)29-30-27(31)37-18-25(33)19-8-12-23(13-9-19)32(34)35/h6-17H,5,18H2,1-4H3. The largest absolute Gasteiger partial charge is 0.494 e. The van der Waals surface area contributed by atoms with Gasteiger partial charge in [0.15, 0.2) is 16.8 Å². The first-order chi connectivity index (χ1) is 17.7. The van der Waals surface area contributed by atoms with E-state index in [-0.39, 0.29) is 22.6 Å². The van der Waals surface area contributed by atoms with Crippen molar-refractivity contribution in [2.45, 2.75) is 38.3 Å². The van der Waals surface area contributed by atoms with E-state index in [1.807, 2.05) is 47.9 Å². The van der Waals surface area contributed by atoms with Crippen molar-refractivity contribution in [1.82, 2.24) is 14.8 Å². The summed E-state index contributed by atoms with van der Waals surface area (Å²) in [4.78, 5) is 23.2. The Kier molecular flexibility index (Phi) is 7.73. The number of hydrogen-bond acceptors (Lipinski definition) is 7. The number of benzene rings is 3. The number of carbonyl (C=O) groups excluding carboxylic acids is 1. The molecule has 37 heavy (non-hydrogen) atoms. The molecule has 0 unspecified atom stereocenters. The molecule has 0 aliphatic heterocycles. The summed E-state index contributed by atoms with van der Waals surface area (Å²) in [6, 6.07) is 21.5. The van der Waals surface area contributed by atoms with Crippen LogP contribution in [0.2, 0.25) is 0 Å². The van der Waals surface area contributed by atoms with Crippen molar-refractivity contribution in [2.24, 2.45) is 0 Å². The molecule has 3 aromatic carbocycles. The van der Waals surface area contributed by atoms with E-state index in [0.29, 0.717) is 23.2 Å². The van der Waals surface area contributed by atoms with Gasteiger partial charge < -0.3 is 4.74 Å². The van der Waals surface area contributed by atoms with E-state index >= 15 is 0 Å². The highest BCUT2D eigenvalue weighted by Gasteiger charge is 2.20. The molecule has 4 aromatic rings. The van der Waals surface area contributed by atoms with E-state index in [9.17, 15) is 14.9 Å². The summed E-state index contributed by atoms with van der Waals surface area (Å²) in [5.74, 6) is 1.38. The lowest BCUT2D eigenvalue weighted by Crippen LogP contribution is -2.10. The van der Waals surface area contributed by atoms with Crippen molar-refractivity contribution in [2.75, 3.05) is 12.4 Å². The third-order valence-electron chi connectivity index (χ3n) is 5.78. The molecule has 0 aliphatic carbocycles. The number of nitrogens with zero attached hydrogens (tertiary/aromatic N) is 4. The average Bonchev–Trinajstić information content (AvgIpc) is 3.31. The van der Waals surface area contributed by atoms with Crippen LogP contribution in [-0.2, 0) is 5.41 Å². The number of nitro benzene ring substituents is 1. The van der Waals surface area contributed by atoms with Gasteiger partial charge in [0.25, 0.3) is 5.69 Å². The molecule has 190 valence electrons. The smallest absolute Gasteiger partial charge is 0.269 e. The quantitative estimate of drug-likeness (QED) is 0.108. The predicted molar refractivity (Wildman–Crippen MR) is 145 cm³/mol. The van der Waals surface area contributed by atoms with E-state index in [0.717, 1.165) is 17.0 Å². The SMILES string of the molecule is CCOc1ccc(-n2c(SCC(=O)c3ccc([N+](=O)[O-])cc3)nnc2-c2ccc(C(C)(C)C)cc2)cc1. The van der Waals surface area contributed by atoms with Crippen LogP contribution < -0.4 is 4.74 Å². The Balaban J connectivity index is 1.65. The average molecular weight is 517 g/mol. The first kappa shape index (κ1) is 26.1. The normalized spacial score (nSPS) is 11.4. The van der Waals surface area contributed by atoms with Crippen LogP contribution in [0.25, 0.3) is 17.1 Å². The number of ketones is 1. The summed E-state index contributed by atoms with van der Waals surface area (Å²) in [5.41, 5.74) is 3.34. The van der Waals surface area contributed by atoms with Crippen LogP contribution in [0.1, 0.15) is 43.6 Å². The second kappa shape index (κ2) is 11.0. The van der Waals surface area contributed by atoms with Gasteiger partial charge in [0.05, 0.1) is 17.3 Å². The minimum Gasteiger partial charge on any atom is -0.494 e. The molecule has 0 N–H and O–H groups in total. The van der Waals surface area contributed by atoms with Gasteiger partial charge in [-0.05, 0) is 54.3 Å². The van der Waals surface area contributed by atoms with Crippen LogP contribution in [0, 0.1) is 10.1 Å². The van der Waals surface area contributed by atoms with E-state index in [4.69, 9.17) is 4.74 Å². The number of non-ortho nitro benzene ring substituents is 1. The number of hydrogen-bond donors (Lipinski definition) is 0. The number of rotatable bonds is 9. The number of Topliss-reactive ketones (excluding diaryl/α,β-unsaturated/α-hetero) is 1. The van der Waals surface area contributed by atoms with E-state index in [1.54, 1.807) is 0 Å². The van der Waals surface area contributed by atoms with Crippen molar-refractivity contribution < 1.29 is 14.5 Å². The van der Waals surface area contributed by atoms with Crippen LogP contribution >= 0.6 is 11.8 Å². The summed E-state index contributed by atoms with van der Waals surface area (Å²) in [6.45, 7) is 9.01. The molecule has 8 nitrogen and oxygen atoms in total. The zero-order valence-electron chi connectivity index (χ0n) is 21.2. The Morgan fingerprint density at radius 3 is 2.19 bits per heavy atom. The van der Waals surface area contributed by atoms with Gasteiger partial charge in [-0.2, -0.15) is 0 Å². The number of carbonyl (C=O) groups is 1. The zero-order valence-corrected chi connectivity index (χ0v) is 22.0. The molecule has 0 aliphatic rings. The monoisotopic (exact) mass is 516 g/mol. The summed E-state index contributed by atoms with van der Waals surface area (Å²) in [5, 5.41) is 20.3. The minimum absolute atomic E-state index is 0.0283. The Labute approximate surface area is 219 Å². The summed E-state index contributed by atoms with van der Waals surface area (Å²) >= 11 is 1.27. The molecule has 0 bridgehead atoms. The van der Waals surface area contributed by atoms with Crippen molar-refractivity contribution >= 4 is 23.2 Å². The molecular formula is C28H28N4O4S. The number of nitro groups is 1. The first-order valence-electron chi connectivity index (χ1n) is 11.9. The summed E-state index contributed by atoms with van der Waals surface area (Å²) in [7, 11) is 0. The van der Waals surface area contributed by atoms with Gasteiger partial charge >= 0.3 is 0 Å². The lowest BCUT2D eigenvalue weighted by atomic mass is 9.87. The fourth-order valence-corrected chi connectivity index (χ4v) is 4.59. The predicted octanol–water partition coefficient (Wildman–Crippen LogP) is 6.51. The Morgan fingerprint density at radius 1 is 0.973 bits per heavy atom. The van der Waals surface area contributed by atoms with Crippen molar-refractivity contribution in [3.8, 4) is 22.8 Å². The van der Waals surface area contributed by atoms with Crippen LogP contribution in [-0.4, -0.2) is 37.8 Å². The van der Waals surface area contributed by atoms with E-state index in [2.05, 4.69) is 43.1 Å². The van der Waals surface area contributed by atoms with Gasteiger partial charge in [-0.1, -0.05) is 56.8 Å². The highest BCUT2D eigenvalue weighted by Crippen LogP contribution is 2.31. The molecular weight excluding hydrogens is 488 g/mol. The van der Waals surface area contributed by atoms with Crippen LogP contribution in [0.5, 0.6) is 5.75 Å². The number of aromatic nitrogens is 3. The maximum Gasteiger partial charge on any atom is 0.269 e. The van der Waals surface area contributed by atoms with Gasteiger partial charge in [-0.25, -0.2) is 0 Å². The zero-order chi connectivity index (χ0) is 26.6.